The van der Waals surface area contributed by atoms with Gasteiger partial charge in [-0.2, -0.15) is 0 Å². The number of likely N-dealkylation sites (N-methyl/N-ethyl adjacent to an activating group) is 1. The van der Waals surface area contributed by atoms with E-state index in [0.717, 1.165) is 4.88 Å². The van der Waals surface area contributed by atoms with Crippen LogP contribution in [0.25, 0.3) is 0 Å². The van der Waals surface area contributed by atoms with Crippen LogP contribution in [0.15, 0.2) is 23.6 Å². The SMILES string of the molecule is CN(C)c1cc(NC(=O)Cc2cccs2)c(O)c2c1CC1CC3[C@H](N(C)C)C(=O)C(C(N)=O)C(=O)[C@@]3(O)C(=O)C1C2=O. The van der Waals surface area contributed by atoms with Crippen LogP contribution in [0.1, 0.15) is 27.2 Å². The number of hydrogen-bond acceptors (Lipinski definition) is 11. The number of aromatic hydroxyl groups is 1. The molecule has 5 rings (SSSR count). The summed E-state index contributed by atoms with van der Waals surface area (Å²) in [5.41, 5.74) is 3.34. The lowest BCUT2D eigenvalue weighted by atomic mass is 9.52. The number of nitrogens with zero attached hydrogens (tertiary/aromatic N) is 2. The average Bonchev–Trinajstić information content (AvgIpc) is 3.40. The van der Waals surface area contributed by atoms with Crippen LogP contribution < -0.4 is 16.0 Å². The first-order chi connectivity index (χ1) is 19.7. The van der Waals surface area contributed by atoms with Crippen molar-refractivity contribution in [3.05, 3.63) is 39.6 Å². The maximum atomic E-state index is 14.1. The second kappa shape index (κ2) is 10.4. The van der Waals surface area contributed by atoms with Gasteiger partial charge in [0, 0.05) is 30.6 Å². The molecule has 3 aliphatic rings. The fourth-order valence-electron chi connectivity index (χ4n) is 6.91. The first-order valence-electron chi connectivity index (χ1n) is 13.4. The Kier molecular flexibility index (Phi) is 7.32. The molecule has 222 valence electrons. The van der Waals surface area contributed by atoms with E-state index >= 15 is 0 Å². The van der Waals surface area contributed by atoms with Gasteiger partial charge in [0.25, 0.3) is 0 Å². The van der Waals surface area contributed by atoms with Crippen molar-refractivity contribution >= 4 is 57.7 Å². The predicted molar refractivity (Wildman–Crippen MR) is 152 cm³/mol. The third-order valence-electron chi connectivity index (χ3n) is 8.71. The minimum absolute atomic E-state index is 0.0218. The maximum Gasteiger partial charge on any atom is 0.235 e. The molecule has 0 bridgehead atoms. The highest BCUT2D eigenvalue weighted by atomic mass is 32.1. The van der Waals surface area contributed by atoms with E-state index in [-0.39, 0.29) is 30.5 Å². The number of nitrogens with one attached hydrogen (secondary N) is 1. The molecule has 3 aliphatic carbocycles. The number of aliphatic hydroxyl groups is 1. The molecular formula is C29H32N4O8S. The van der Waals surface area contributed by atoms with E-state index in [1.807, 2.05) is 11.4 Å². The summed E-state index contributed by atoms with van der Waals surface area (Å²) >= 11 is 1.40. The standard InChI is InChI=1S/C29H32N4O8S/c1-32(2)17-11-16(31-18(34)10-13-6-5-7-42-13)23(35)20-14(17)8-12-9-15-22(33(3)4)25(37)21(28(30)40)27(39)29(15,41)26(38)19(12)24(20)36/h5-7,11-12,15,19,21-22,35,41H,8-10H2,1-4H3,(H2,30,40)(H,31,34)/t12?,15?,19?,21?,22-,29-/m0/s1. The summed E-state index contributed by atoms with van der Waals surface area (Å²) in [4.78, 5) is 83.6. The predicted octanol–water partition coefficient (Wildman–Crippen LogP) is 0.176. The molecule has 0 saturated heterocycles. The van der Waals surface area contributed by atoms with Gasteiger partial charge in [0.1, 0.15) is 5.75 Å². The van der Waals surface area contributed by atoms with Gasteiger partial charge in [-0.15, -0.1) is 11.3 Å². The summed E-state index contributed by atoms with van der Waals surface area (Å²) in [5, 5.41) is 27.5. The normalized spacial score (nSPS) is 28.7. The molecule has 0 aliphatic heterocycles. The Balaban J connectivity index is 1.59. The molecule has 4 unspecified atom stereocenters. The number of carbonyl (C=O) groups is 6. The zero-order valence-electron chi connectivity index (χ0n) is 23.5. The summed E-state index contributed by atoms with van der Waals surface area (Å²) in [5.74, 6) is -11.7. The van der Waals surface area contributed by atoms with Crippen molar-refractivity contribution in [1.29, 1.82) is 0 Å². The Hall–Kier alpha value is -3.94. The summed E-state index contributed by atoms with van der Waals surface area (Å²) in [6, 6.07) is 3.99. The van der Waals surface area contributed by atoms with E-state index in [1.165, 1.54) is 30.3 Å². The van der Waals surface area contributed by atoms with Crippen molar-refractivity contribution in [2.45, 2.75) is 30.9 Å². The number of fused-ring (bicyclic) bond motifs is 3. The van der Waals surface area contributed by atoms with Gasteiger partial charge in [0.15, 0.2) is 34.7 Å². The van der Waals surface area contributed by atoms with Gasteiger partial charge in [-0.25, -0.2) is 0 Å². The Morgan fingerprint density at radius 3 is 2.40 bits per heavy atom. The Bertz CT molecular complexity index is 1530. The van der Waals surface area contributed by atoms with Crippen molar-refractivity contribution in [3.8, 4) is 5.75 Å². The average molecular weight is 597 g/mol. The summed E-state index contributed by atoms with van der Waals surface area (Å²) in [6.45, 7) is 0. The Labute approximate surface area is 245 Å². The highest BCUT2D eigenvalue weighted by molar-refractivity contribution is 7.10. The lowest BCUT2D eigenvalue weighted by Gasteiger charge is -2.52. The van der Waals surface area contributed by atoms with Gasteiger partial charge >= 0.3 is 0 Å². The van der Waals surface area contributed by atoms with E-state index in [2.05, 4.69) is 5.32 Å². The molecular weight excluding hydrogens is 564 g/mol. The number of carbonyl (C=O) groups excluding carboxylic acids is 6. The van der Waals surface area contributed by atoms with Crippen molar-refractivity contribution in [3.63, 3.8) is 0 Å². The smallest absolute Gasteiger partial charge is 0.235 e. The van der Waals surface area contributed by atoms with Crippen LogP contribution in [-0.4, -0.2) is 89.9 Å². The molecule has 13 heteroatoms. The number of anilines is 2. The van der Waals surface area contributed by atoms with Crippen LogP contribution in [0.4, 0.5) is 11.4 Å². The van der Waals surface area contributed by atoms with Gasteiger partial charge in [-0.1, -0.05) is 6.07 Å². The van der Waals surface area contributed by atoms with Gasteiger partial charge in [-0.05, 0) is 55.9 Å². The minimum Gasteiger partial charge on any atom is -0.505 e. The molecule has 2 fully saturated rings. The number of phenols is 1. The third-order valence-corrected chi connectivity index (χ3v) is 9.58. The molecule has 2 saturated carbocycles. The number of amides is 2. The molecule has 42 heavy (non-hydrogen) atoms. The first-order valence-corrected chi connectivity index (χ1v) is 14.3. The molecule has 1 heterocycles. The van der Waals surface area contributed by atoms with E-state index in [0.29, 0.717) is 11.3 Å². The molecule has 6 atom stereocenters. The number of phenolic OH excluding ortho intramolecular Hbond substituents is 1. The molecule has 0 radical (unpaired) electrons. The second-order valence-electron chi connectivity index (χ2n) is 11.6. The molecule has 1 aromatic heterocycles. The van der Waals surface area contributed by atoms with Crippen LogP contribution in [0.5, 0.6) is 5.75 Å². The second-order valence-corrected chi connectivity index (χ2v) is 12.7. The van der Waals surface area contributed by atoms with Gasteiger partial charge in [0.2, 0.25) is 11.8 Å². The van der Waals surface area contributed by atoms with E-state index < -0.39 is 76.0 Å². The van der Waals surface area contributed by atoms with Gasteiger partial charge < -0.3 is 26.2 Å². The van der Waals surface area contributed by atoms with Crippen molar-refractivity contribution in [2.75, 3.05) is 38.4 Å². The quantitative estimate of drug-likeness (QED) is 0.265. The van der Waals surface area contributed by atoms with E-state index in [9.17, 15) is 39.0 Å². The molecule has 5 N–H and O–H groups in total. The number of Topliss-reactive ketones (excluding diaryl/α,β-unsaturated/α-hetero) is 4. The van der Waals surface area contributed by atoms with E-state index in [4.69, 9.17) is 5.73 Å². The largest absolute Gasteiger partial charge is 0.505 e. The number of hydrogen-bond donors (Lipinski definition) is 4. The highest BCUT2D eigenvalue weighted by Gasteiger charge is 2.69. The number of primary amides is 1. The van der Waals surface area contributed by atoms with Crippen LogP contribution in [0.3, 0.4) is 0 Å². The topological polar surface area (TPSA) is 187 Å². The lowest BCUT2D eigenvalue weighted by molar-refractivity contribution is -0.181. The van der Waals surface area contributed by atoms with E-state index in [1.54, 1.807) is 31.1 Å². The number of thiophene rings is 1. The Morgan fingerprint density at radius 2 is 1.83 bits per heavy atom. The van der Waals surface area contributed by atoms with Crippen LogP contribution in [-0.2, 0) is 36.8 Å². The number of nitrogens with two attached hydrogens (primary N) is 1. The first kappa shape index (κ1) is 29.5. The molecule has 0 spiro atoms. The van der Waals surface area contributed by atoms with Gasteiger partial charge in [0.05, 0.1) is 29.6 Å². The van der Waals surface area contributed by atoms with Gasteiger partial charge in [-0.3, -0.25) is 33.7 Å². The monoisotopic (exact) mass is 596 g/mol. The van der Waals surface area contributed by atoms with Crippen LogP contribution >= 0.6 is 11.3 Å². The molecule has 12 nitrogen and oxygen atoms in total. The maximum absolute atomic E-state index is 14.1. The van der Waals surface area contributed by atoms with Crippen LogP contribution in [0, 0.1) is 23.7 Å². The molecule has 2 amide bonds. The van der Waals surface area contributed by atoms with Crippen molar-refractivity contribution in [2.24, 2.45) is 29.4 Å². The lowest BCUT2D eigenvalue weighted by Crippen LogP contribution is -2.74. The Morgan fingerprint density at radius 1 is 1.14 bits per heavy atom. The summed E-state index contributed by atoms with van der Waals surface area (Å²) in [7, 11) is 6.53. The third kappa shape index (κ3) is 4.34. The van der Waals surface area contributed by atoms with Crippen molar-refractivity contribution < 1.29 is 39.0 Å². The highest BCUT2D eigenvalue weighted by Crippen LogP contribution is 2.52. The number of benzene rings is 1. The summed E-state index contributed by atoms with van der Waals surface area (Å²) < 4.78 is 0. The number of rotatable bonds is 6. The summed E-state index contributed by atoms with van der Waals surface area (Å²) in [6.07, 6.45) is 0.124. The fraction of sp³-hybridized carbons (Fsp3) is 0.448. The fourth-order valence-corrected chi connectivity index (χ4v) is 7.62. The molecule has 1 aromatic carbocycles. The number of ketones is 4. The minimum atomic E-state index is -2.80. The molecule has 2 aromatic rings. The van der Waals surface area contributed by atoms with Crippen molar-refractivity contribution in [1.82, 2.24) is 4.90 Å². The zero-order valence-corrected chi connectivity index (χ0v) is 24.4. The zero-order chi connectivity index (χ0) is 30.8. The van der Waals surface area contributed by atoms with Crippen LogP contribution in [0.2, 0.25) is 0 Å².